The second-order valence-corrected chi connectivity index (χ2v) is 3.25. The van der Waals surface area contributed by atoms with Gasteiger partial charge in [-0.15, -0.1) is 0 Å². The number of rotatable bonds is 4. The summed E-state index contributed by atoms with van der Waals surface area (Å²) in [4.78, 5) is 10.3. The van der Waals surface area contributed by atoms with Crippen LogP contribution >= 0.6 is 0 Å². The van der Waals surface area contributed by atoms with E-state index in [1.807, 2.05) is 13.0 Å². The van der Waals surface area contributed by atoms with Crippen LogP contribution in [0.15, 0.2) is 18.2 Å². The van der Waals surface area contributed by atoms with Crippen molar-refractivity contribution in [3.05, 3.63) is 34.9 Å². The number of aliphatic carboxylic acids is 1. The molecule has 1 aromatic carbocycles. The van der Waals surface area contributed by atoms with Crippen molar-refractivity contribution in [1.82, 2.24) is 5.32 Å². The smallest absolute Gasteiger partial charge is 0.317 e. The molecule has 15 heavy (non-hydrogen) atoms. The van der Waals surface area contributed by atoms with Crippen molar-refractivity contribution in [3.8, 4) is 6.07 Å². The van der Waals surface area contributed by atoms with Crippen LogP contribution in [-0.2, 0) is 11.3 Å². The van der Waals surface area contributed by atoms with Gasteiger partial charge in [0, 0.05) is 6.54 Å². The molecule has 1 aromatic rings. The Bertz CT molecular complexity index is 408. The zero-order valence-corrected chi connectivity index (χ0v) is 8.45. The number of carboxylic acid groups (broad SMARTS) is 1. The Labute approximate surface area is 88.2 Å². The van der Waals surface area contributed by atoms with Gasteiger partial charge in [0.25, 0.3) is 0 Å². The SMILES string of the molecule is Cc1cc(C#N)ccc1CNCC(=O)O. The molecule has 1 rings (SSSR count). The van der Waals surface area contributed by atoms with Crippen LogP contribution in [0.2, 0.25) is 0 Å². The summed E-state index contributed by atoms with van der Waals surface area (Å²) in [6.45, 7) is 2.35. The molecule has 0 aliphatic carbocycles. The van der Waals surface area contributed by atoms with Crippen molar-refractivity contribution in [2.45, 2.75) is 13.5 Å². The average Bonchev–Trinajstić information content (AvgIpc) is 2.20. The maximum absolute atomic E-state index is 10.3. The molecule has 2 N–H and O–H groups in total. The fraction of sp³-hybridized carbons (Fsp3) is 0.273. The van der Waals surface area contributed by atoms with E-state index in [4.69, 9.17) is 10.4 Å². The van der Waals surface area contributed by atoms with E-state index in [9.17, 15) is 4.79 Å². The highest BCUT2D eigenvalue weighted by molar-refractivity contribution is 5.69. The molecule has 0 aromatic heterocycles. The van der Waals surface area contributed by atoms with Crippen molar-refractivity contribution in [1.29, 1.82) is 5.26 Å². The van der Waals surface area contributed by atoms with E-state index in [-0.39, 0.29) is 6.54 Å². The van der Waals surface area contributed by atoms with Crippen molar-refractivity contribution in [2.75, 3.05) is 6.54 Å². The number of hydrogen-bond donors (Lipinski definition) is 2. The Morgan fingerprint density at radius 3 is 2.87 bits per heavy atom. The molecule has 0 saturated heterocycles. The van der Waals surface area contributed by atoms with E-state index in [1.165, 1.54) is 0 Å². The molecule has 4 heteroatoms. The van der Waals surface area contributed by atoms with Gasteiger partial charge in [-0.25, -0.2) is 0 Å². The predicted molar refractivity (Wildman–Crippen MR) is 55.2 cm³/mol. The molecule has 0 heterocycles. The van der Waals surface area contributed by atoms with Crippen LogP contribution in [0, 0.1) is 18.3 Å². The predicted octanol–water partition coefficient (Wildman–Crippen LogP) is 1.04. The lowest BCUT2D eigenvalue weighted by Gasteiger charge is -2.06. The molecule has 0 radical (unpaired) electrons. The van der Waals surface area contributed by atoms with Crippen LogP contribution in [0.3, 0.4) is 0 Å². The van der Waals surface area contributed by atoms with E-state index in [1.54, 1.807) is 12.1 Å². The van der Waals surface area contributed by atoms with E-state index in [2.05, 4.69) is 11.4 Å². The molecule has 0 aliphatic rings. The number of hydrogen-bond acceptors (Lipinski definition) is 3. The van der Waals surface area contributed by atoms with E-state index in [0.29, 0.717) is 12.1 Å². The summed E-state index contributed by atoms with van der Waals surface area (Å²) < 4.78 is 0. The molecule has 0 spiro atoms. The van der Waals surface area contributed by atoms with Gasteiger partial charge in [-0.1, -0.05) is 6.07 Å². The fourth-order valence-corrected chi connectivity index (χ4v) is 1.27. The lowest BCUT2D eigenvalue weighted by Crippen LogP contribution is -2.22. The Hall–Kier alpha value is -1.86. The van der Waals surface area contributed by atoms with Crippen molar-refractivity contribution in [2.24, 2.45) is 0 Å². The molecule has 0 bridgehead atoms. The van der Waals surface area contributed by atoms with Gasteiger partial charge in [0.05, 0.1) is 18.2 Å². The first-order valence-electron chi connectivity index (χ1n) is 4.55. The number of nitrogens with zero attached hydrogens (tertiary/aromatic N) is 1. The molecule has 0 unspecified atom stereocenters. The van der Waals surface area contributed by atoms with Gasteiger partial charge in [0.1, 0.15) is 0 Å². The minimum Gasteiger partial charge on any atom is -0.480 e. The molecular formula is C11H12N2O2. The fourth-order valence-electron chi connectivity index (χ4n) is 1.27. The third-order valence-corrected chi connectivity index (χ3v) is 2.06. The second kappa shape index (κ2) is 5.13. The summed E-state index contributed by atoms with van der Waals surface area (Å²) in [5, 5.41) is 19.9. The van der Waals surface area contributed by atoms with E-state index in [0.717, 1.165) is 11.1 Å². The number of carboxylic acids is 1. The normalized spacial score (nSPS) is 9.60. The first-order valence-corrected chi connectivity index (χ1v) is 4.55. The zero-order valence-electron chi connectivity index (χ0n) is 8.45. The number of benzene rings is 1. The Balaban J connectivity index is 2.63. The third-order valence-electron chi connectivity index (χ3n) is 2.06. The van der Waals surface area contributed by atoms with Crippen LogP contribution in [0.1, 0.15) is 16.7 Å². The average molecular weight is 204 g/mol. The zero-order chi connectivity index (χ0) is 11.3. The lowest BCUT2D eigenvalue weighted by molar-refractivity contribution is -0.135. The number of nitriles is 1. The van der Waals surface area contributed by atoms with Gasteiger partial charge in [-0.05, 0) is 30.2 Å². The molecule has 0 saturated carbocycles. The summed E-state index contributed by atoms with van der Waals surface area (Å²) >= 11 is 0. The van der Waals surface area contributed by atoms with E-state index < -0.39 is 5.97 Å². The van der Waals surface area contributed by atoms with Crippen molar-refractivity contribution < 1.29 is 9.90 Å². The highest BCUT2D eigenvalue weighted by Crippen LogP contribution is 2.09. The van der Waals surface area contributed by atoms with Gasteiger partial charge in [0.15, 0.2) is 0 Å². The molecule has 0 aliphatic heterocycles. The van der Waals surface area contributed by atoms with Gasteiger partial charge in [-0.3, -0.25) is 4.79 Å². The molecule has 0 amide bonds. The quantitative estimate of drug-likeness (QED) is 0.768. The lowest BCUT2D eigenvalue weighted by atomic mass is 10.1. The maximum atomic E-state index is 10.3. The Morgan fingerprint density at radius 1 is 1.60 bits per heavy atom. The van der Waals surface area contributed by atoms with Gasteiger partial charge in [-0.2, -0.15) is 5.26 Å². The molecule has 0 atom stereocenters. The molecule has 0 fully saturated rings. The number of nitrogens with one attached hydrogen (secondary N) is 1. The van der Waals surface area contributed by atoms with Crippen LogP contribution in [-0.4, -0.2) is 17.6 Å². The minimum atomic E-state index is -0.874. The number of aryl methyl sites for hydroxylation is 1. The Morgan fingerprint density at radius 2 is 2.33 bits per heavy atom. The monoisotopic (exact) mass is 204 g/mol. The molecular weight excluding hydrogens is 192 g/mol. The van der Waals surface area contributed by atoms with Crippen molar-refractivity contribution >= 4 is 5.97 Å². The molecule has 78 valence electrons. The maximum Gasteiger partial charge on any atom is 0.317 e. The third kappa shape index (κ3) is 3.41. The standard InChI is InChI=1S/C11H12N2O2/c1-8-4-9(5-12)2-3-10(8)6-13-7-11(14)15/h2-4,13H,6-7H2,1H3,(H,14,15). The highest BCUT2D eigenvalue weighted by Gasteiger charge is 2.01. The summed E-state index contributed by atoms with van der Waals surface area (Å²) in [6, 6.07) is 7.41. The summed E-state index contributed by atoms with van der Waals surface area (Å²) in [7, 11) is 0. The second-order valence-electron chi connectivity index (χ2n) is 3.25. The topological polar surface area (TPSA) is 73.1 Å². The van der Waals surface area contributed by atoms with Gasteiger partial charge >= 0.3 is 5.97 Å². The van der Waals surface area contributed by atoms with Gasteiger partial charge < -0.3 is 10.4 Å². The van der Waals surface area contributed by atoms with Crippen LogP contribution in [0.5, 0.6) is 0 Å². The first kappa shape index (κ1) is 11.2. The largest absolute Gasteiger partial charge is 0.480 e. The van der Waals surface area contributed by atoms with E-state index >= 15 is 0 Å². The number of carbonyl (C=O) groups is 1. The van der Waals surface area contributed by atoms with Crippen LogP contribution < -0.4 is 5.32 Å². The first-order chi connectivity index (χ1) is 7.13. The highest BCUT2D eigenvalue weighted by atomic mass is 16.4. The summed E-state index contributed by atoms with van der Waals surface area (Å²) in [5.74, 6) is -0.874. The minimum absolute atomic E-state index is 0.0561. The molecule has 4 nitrogen and oxygen atoms in total. The van der Waals surface area contributed by atoms with Crippen LogP contribution in [0.25, 0.3) is 0 Å². The van der Waals surface area contributed by atoms with Crippen LogP contribution in [0.4, 0.5) is 0 Å². The summed E-state index contributed by atoms with van der Waals surface area (Å²) in [6.07, 6.45) is 0. The summed E-state index contributed by atoms with van der Waals surface area (Å²) in [5.41, 5.74) is 2.62. The van der Waals surface area contributed by atoms with Crippen molar-refractivity contribution in [3.63, 3.8) is 0 Å². The van der Waals surface area contributed by atoms with Gasteiger partial charge in [0.2, 0.25) is 0 Å². The Kier molecular flexibility index (Phi) is 3.83.